The van der Waals surface area contributed by atoms with Crippen LogP contribution in [0.3, 0.4) is 0 Å². The zero-order chi connectivity index (χ0) is 11.5. The van der Waals surface area contributed by atoms with Crippen LogP contribution in [0.1, 0.15) is 40.0 Å². The summed E-state index contributed by atoms with van der Waals surface area (Å²) < 4.78 is 0. The predicted octanol–water partition coefficient (Wildman–Crippen LogP) is 2.42. The second-order valence-corrected chi connectivity index (χ2v) is 5.77. The molecule has 0 aromatic rings. The molecule has 16 heavy (non-hydrogen) atoms. The fourth-order valence-electron chi connectivity index (χ4n) is 2.53. The van der Waals surface area contributed by atoms with Gasteiger partial charge in [-0.3, -0.25) is 4.90 Å². The van der Waals surface area contributed by atoms with Crippen LogP contribution in [0.2, 0.25) is 0 Å². The second-order valence-electron chi connectivity index (χ2n) is 5.77. The van der Waals surface area contributed by atoms with Crippen molar-refractivity contribution >= 4 is 0 Å². The van der Waals surface area contributed by atoms with Crippen molar-refractivity contribution in [1.82, 2.24) is 10.2 Å². The predicted molar refractivity (Wildman–Crippen MR) is 69.6 cm³/mol. The van der Waals surface area contributed by atoms with E-state index in [0.717, 1.165) is 24.5 Å². The Morgan fingerprint density at radius 1 is 1.31 bits per heavy atom. The minimum absolute atomic E-state index is 0.729. The van der Waals surface area contributed by atoms with Crippen molar-refractivity contribution in [3.8, 4) is 0 Å². The molecule has 2 heteroatoms. The Kier molecular flexibility index (Phi) is 4.04. The molecule has 2 unspecified atom stereocenters. The van der Waals surface area contributed by atoms with Gasteiger partial charge in [0, 0.05) is 25.2 Å². The van der Waals surface area contributed by atoms with Gasteiger partial charge in [-0.15, -0.1) is 0 Å². The molecule has 92 valence electrons. The van der Waals surface area contributed by atoms with Gasteiger partial charge in [-0.2, -0.15) is 0 Å². The third-order valence-electron chi connectivity index (χ3n) is 3.95. The van der Waals surface area contributed by atoms with E-state index >= 15 is 0 Å². The van der Waals surface area contributed by atoms with Crippen molar-refractivity contribution in [1.29, 1.82) is 0 Å². The van der Waals surface area contributed by atoms with Crippen molar-refractivity contribution in [2.45, 2.75) is 52.1 Å². The summed E-state index contributed by atoms with van der Waals surface area (Å²) in [6.07, 6.45) is 6.55. The van der Waals surface area contributed by atoms with Crippen LogP contribution in [0, 0.1) is 5.92 Å². The Morgan fingerprint density at radius 2 is 2.06 bits per heavy atom. The van der Waals surface area contributed by atoms with Gasteiger partial charge in [-0.1, -0.05) is 11.6 Å². The summed E-state index contributed by atoms with van der Waals surface area (Å²) in [4.78, 5) is 2.65. The van der Waals surface area contributed by atoms with Crippen LogP contribution in [0.15, 0.2) is 11.6 Å². The summed E-state index contributed by atoms with van der Waals surface area (Å²) >= 11 is 0. The molecule has 1 saturated heterocycles. The van der Waals surface area contributed by atoms with Crippen molar-refractivity contribution in [2.24, 2.45) is 5.92 Å². The number of allylic oxidation sites excluding steroid dienone is 1. The highest BCUT2D eigenvalue weighted by molar-refractivity contribution is 4.98. The largest absolute Gasteiger partial charge is 0.312 e. The molecule has 2 nitrogen and oxygen atoms in total. The Bertz CT molecular complexity index is 251. The molecule has 0 radical (unpaired) electrons. The maximum absolute atomic E-state index is 3.73. The molecular formula is C14H26N2. The van der Waals surface area contributed by atoms with Crippen LogP contribution < -0.4 is 5.32 Å². The summed E-state index contributed by atoms with van der Waals surface area (Å²) in [6.45, 7) is 10.3. The smallest absolute Gasteiger partial charge is 0.0223 e. The number of hydrogen-bond acceptors (Lipinski definition) is 2. The van der Waals surface area contributed by atoms with Gasteiger partial charge in [0.05, 0.1) is 0 Å². The van der Waals surface area contributed by atoms with Crippen LogP contribution in [0.25, 0.3) is 0 Å². The maximum Gasteiger partial charge on any atom is 0.0223 e. The van der Waals surface area contributed by atoms with Gasteiger partial charge < -0.3 is 5.32 Å². The lowest BCUT2D eigenvalue weighted by Gasteiger charge is -2.28. The fraction of sp³-hybridized carbons (Fsp3) is 0.857. The van der Waals surface area contributed by atoms with E-state index in [-0.39, 0.29) is 0 Å². The lowest BCUT2D eigenvalue weighted by molar-refractivity contribution is 0.220. The SMILES string of the molecule is CC(C)=CCN1CC(C2CC2)NCCC1C. The van der Waals surface area contributed by atoms with E-state index in [2.05, 4.69) is 37.1 Å². The molecule has 1 saturated carbocycles. The Balaban J connectivity index is 1.92. The minimum atomic E-state index is 0.729. The molecule has 0 bridgehead atoms. The summed E-state index contributed by atoms with van der Waals surface area (Å²) in [5.74, 6) is 0.972. The standard InChI is InChI=1S/C14H26N2/c1-11(2)7-9-16-10-14(13-4-5-13)15-8-6-12(16)3/h7,12-15H,4-6,8-10H2,1-3H3. The number of nitrogens with one attached hydrogen (secondary N) is 1. The average Bonchev–Trinajstić information content (AvgIpc) is 3.02. The summed E-state index contributed by atoms with van der Waals surface area (Å²) in [5, 5.41) is 3.73. The van der Waals surface area contributed by atoms with Gasteiger partial charge in [0.2, 0.25) is 0 Å². The maximum atomic E-state index is 3.73. The van der Waals surface area contributed by atoms with E-state index < -0.39 is 0 Å². The Hall–Kier alpha value is -0.340. The first kappa shape index (κ1) is 12.1. The first-order valence-electron chi connectivity index (χ1n) is 6.77. The molecule has 0 spiro atoms. The number of rotatable bonds is 3. The zero-order valence-electron chi connectivity index (χ0n) is 11.0. The van der Waals surface area contributed by atoms with E-state index in [1.54, 1.807) is 0 Å². The van der Waals surface area contributed by atoms with Gasteiger partial charge in [0.1, 0.15) is 0 Å². The highest BCUT2D eigenvalue weighted by Crippen LogP contribution is 2.33. The van der Waals surface area contributed by atoms with Gasteiger partial charge in [-0.25, -0.2) is 0 Å². The van der Waals surface area contributed by atoms with Crippen LogP contribution in [0.5, 0.6) is 0 Å². The van der Waals surface area contributed by atoms with Gasteiger partial charge in [0.25, 0.3) is 0 Å². The molecule has 1 heterocycles. The summed E-state index contributed by atoms with van der Waals surface area (Å²) in [5.41, 5.74) is 1.44. The fourth-order valence-corrected chi connectivity index (χ4v) is 2.53. The normalized spacial score (nSPS) is 32.2. The van der Waals surface area contributed by atoms with E-state index in [9.17, 15) is 0 Å². The van der Waals surface area contributed by atoms with E-state index in [1.807, 2.05) is 0 Å². The van der Waals surface area contributed by atoms with Crippen LogP contribution >= 0.6 is 0 Å². The molecule has 1 aliphatic heterocycles. The first-order chi connectivity index (χ1) is 7.66. The third kappa shape index (κ3) is 3.33. The van der Waals surface area contributed by atoms with E-state index in [0.29, 0.717) is 0 Å². The molecule has 1 N–H and O–H groups in total. The molecular weight excluding hydrogens is 196 g/mol. The molecule has 0 aromatic heterocycles. The van der Waals surface area contributed by atoms with Crippen molar-refractivity contribution in [2.75, 3.05) is 19.6 Å². The van der Waals surface area contributed by atoms with Crippen LogP contribution in [-0.2, 0) is 0 Å². The van der Waals surface area contributed by atoms with Gasteiger partial charge in [0.15, 0.2) is 0 Å². The summed E-state index contributed by atoms with van der Waals surface area (Å²) in [7, 11) is 0. The average molecular weight is 222 g/mol. The van der Waals surface area contributed by atoms with Crippen molar-refractivity contribution < 1.29 is 0 Å². The molecule has 2 fully saturated rings. The molecule has 2 rings (SSSR count). The van der Waals surface area contributed by atoms with Crippen LogP contribution in [-0.4, -0.2) is 36.6 Å². The number of nitrogens with zero attached hydrogens (tertiary/aromatic N) is 1. The quantitative estimate of drug-likeness (QED) is 0.738. The van der Waals surface area contributed by atoms with Gasteiger partial charge >= 0.3 is 0 Å². The Labute approximate surface area is 100 Å². The highest BCUT2D eigenvalue weighted by atomic mass is 15.2. The van der Waals surface area contributed by atoms with Gasteiger partial charge in [-0.05, 0) is 52.5 Å². The zero-order valence-corrected chi connectivity index (χ0v) is 11.0. The topological polar surface area (TPSA) is 15.3 Å². The Morgan fingerprint density at radius 3 is 2.69 bits per heavy atom. The number of hydrogen-bond donors (Lipinski definition) is 1. The first-order valence-corrected chi connectivity index (χ1v) is 6.77. The molecule has 2 aliphatic rings. The van der Waals surface area contributed by atoms with Crippen molar-refractivity contribution in [3.63, 3.8) is 0 Å². The van der Waals surface area contributed by atoms with E-state index in [1.165, 1.54) is 37.9 Å². The minimum Gasteiger partial charge on any atom is -0.312 e. The monoisotopic (exact) mass is 222 g/mol. The molecule has 1 aliphatic carbocycles. The second kappa shape index (κ2) is 5.33. The van der Waals surface area contributed by atoms with Crippen LogP contribution in [0.4, 0.5) is 0 Å². The highest BCUT2D eigenvalue weighted by Gasteiger charge is 2.34. The summed E-state index contributed by atoms with van der Waals surface area (Å²) in [6, 6.07) is 1.49. The molecule has 0 amide bonds. The molecule has 0 aromatic carbocycles. The lowest BCUT2D eigenvalue weighted by atomic mass is 10.1. The lowest BCUT2D eigenvalue weighted by Crippen LogP contribution is -2.41. The van der Waals surface area contributed by atoms with Crippen molar-refractivity contribution in [3.05, 3.63) is 11.6 Å². The third-order valence-corrected chi connectivity index (χ3v) is 3.95. The van der Waals surface area contributed by atoms with E-state index in [4.69, 9.17) is 0 Å². The molecule has 2 atom stereocenters.